The Labute approximate surface area is 167 Å². The van der Waals surface area contributed by atoms with Crippen LogP contribution in [0.15, 0.2) is 67.0 Å². The average Bonchev–Trinajstić information content (AvgIpc) is 3.16. The Bertz CT molecular complexity index is 1140. The molecule has 3 N–H and O–H groups in total. The van der Waals surface area contributed by atoms with Crippen LogP contribution in [0, 0.1) is 5.82 Å². The van der Waals surface area contributed by atoms with E-state index >= 15 is 0 Å². The second-order valence-electron chi connectivity index (χ2n) is 6.58. The van der Waals surface area contributed by atoms with Gasteiger partial charge in [-0.05, 0) is 30.2 Å². The van der Waals surface area contributed by atoms with Gasteiger partial charge in [0.25, 0.3) is 5.91 Å². The molecule has 7 heteroatoms. The van der Waals surface area contributed by atoms with E-state index in [4.69, 9.17) is 0 Å². The van der Waals surface area contributed by atoms with Gasteiger partial charge in [-0.1, -0.05) is 36.4 Å². The molecule has 29 heavy (non-hydrogen) atoms. The lowest BCUT2D eigenvalue weighted by Crippen LogP contribution is -2.26. The number of hydrogen-bond donors (Lipinski definition) is 3. The normalized spacial score (nSPS) is 10.8. The highest BCUT2D eigenvalue weighted by Crippen LogP contribution is 2.17. The summed E-state index contributed by atoms with van der Waals surface area (Å²) < 4.78 is 13.7. The van der Waals surface area contributed by atoms with Gasteiger partial charge in [-0.2, -0.15) is 0 Å². The minimum absolute atomic E-state index is 0.234. The van der Waals surface area contributed by atoms with Gasteiger partial charge in [0.05, 0.1) is 0 Å². The molecule has 0 aliphatic carbocycles. The number of amides is 1. The van der Waals surface area contributed by atoms with Gasteiger partial charge < -0.3 is 15.6 Å². The first-order valence-corrected chi connectivity index (χ1v) is 9.34. The van der Waals surface area contributed by atoms with Crippen LogP contribution >= 0.6 is 0 Å². The van der Waals surface area contributed by atoms with Crippen molar-refractivity contribution in [1.82, 2.24) is 20.3 Å². The average molecular weight is 389 g/mol. The van der Waals surface area contributed by atoms with E-state index in [-0.39, 0.29) is 29.9 Å². The molecule has 0 bridgehead atoms. The molecule has 4 aromatic rings. The summed E-state index contributed by atoms with van der Waals surface area (Å²) in [5.41, 5.74) is 2.99. The zero-order valence-corrected chi connectivity index (χ0v) is 15.7. The van der Waals surface area contributed by atoms with E-state index < -0.39 is 0 Å². The fraction of sp³-hybridized carbons (Fsp3) is 0.136. The zero-order chi connectivity index (χ0) is 20.1. The van der Waals surface area contributed by atoms with Crippen molar-refractivity contribution >= 4 is 22.8 Å². The summed E-state index contributed by atoms with van der Waals surface area (Å²) in [5, 5.41) is 6.99. The van der Waals surface area contributed by atoms with Crippen LogP contribution in [0.5, 0.6) is 0 Å². The van der Waals surface area contributed by atoms with Gasteiger partial charge in [0, 0.05) is 41.9 Å². The van der Waals surface area contributed by atoms with Gasteiger partial charge in [-0.15, -0.1) is 0 Å². The van der Waals surface area contributed by atoms with Crippen molar-refractivity contribution in [3.63, 3.8) is 0 Å². The molecule has 0 atom stereocenters. The van der Waals surface area contributed by atoms with Crippen molar-refractivity contribution in [2.45, 2.75) is 13.0 Å². The van der Waals surface area contributed by atoms with Crippen LogP contribution in [0.1, 0.15) is 21.6 Å². The first-order valence-electron chi connectivity index (χ1n) is 9.34. The van der Waals surface area contributed by atoms with E-state index in [1.54, 1.807) is 24.3 Å². The molecule has 2 aromatic heterocycles. The van der Waals surface area contributed by atoms with Gasteiger partial charge in [0.1, 0.15) is 11.5 Å². The number of fused-ring (bicyclic) bond motifs is 1. The third-order valence-electron chi connectivity index (χ3n) is 4.64. The summed E-state index contributed by atoms with van der Waals surface area (Å²) in [6, 6.07) is 16.1. The summed E-state index contributed by atoms with van der Waals surface area (Å²) in [6.07, 6.45) is 4.18. The fourth-order valence-corrected chi connectivity index (χ4v) is 3.13. The molecule has 0 unspecified atom stereocenters. The maximum Gasteiger partial charge on any atom is 0.270 e. The van der Waals surface area contributed by atoms with Gasteiger partial charge in [0.2, 0.25) is 5.95 Å². The number of halogens is 1. The number of aromatic amines is 1. The van der Waals surface area contributed by atoms with Crippen LogP contribution in [0.25, 0.3) is 10.9 Å². The SMILES string of the molecule is O=C(NCCc1c[nH]c2ccccc12)c1ccnc(NCc2ccccc2F)n1. The number of benzene rings is 2. The van der Waals surface area contributed by atoms with Crippen molar-refractivity contribution in [1.29, 1.82) is 0 Å². The Kier molecular flexibility index (Phi) is 5.47. The maximum atomic E-state index is 13.7. The Balaban J connectivity index is 1.34. The zero-order valence-electron chi connectivity index (χ0n) is 15.7. The van der Waals surface area contributed by atoms with Crippen LogP contribution in [0.4, 0.5) is 10.3 Å². The monoisotopic (exact) mass is 389 g/mol. The number of hydrogen-bond acceptors (Lipinski definition) is 4. The fourth-order valence-electron chi connectivity index (χ4n) is 3.13. The van der Waals surface area contributed by atoms with Crippen LogP contribution in [0.2, 0.25) is 0 Å². The number of H-pyrrole nitrogens is 1. The van der Waals surface area contributed by atoms with Crippen molar-refractivity contribution in [2.75, 3.05) is 11.9 Å². The Hall–Kier alpha value is -3.74. The number of nitrogens with zero attached hydrogens (tertiary/aromatic N) is 2. The summed E-state index contributed by atoms with van der Waals surface area (Å²) in [6.45, 7) is 0.723. The molecule has 0 saturated carbocycles. The van der Waals surface area contributed by atoms with E-state index in [0.29, 0.717) is 18.5 Å². The number of aromatic nitrogens is 3. The topological polar surface area (TPSA) is 82.7 Å². The highest BCUT2D eigenvalue weighted by atomic mass is 19.1. The predicted octanol–water partition coefficient (Wildman–Crippen LogP) is 3.68. The lowest BCUT2D eigenvalue weighted by atomic mass is 10.1. The van der Waals surface area contributed by atoms with Gasteiger partial charge in [0.15, 0.2) is 0 Å². The van der Waals surface area contributed by atoms with Crippen LogP contribution in [0.3, 0.4) is 0 Å². The van der Waals surface area contributed by atoms with E-state index in [1.807, 2.05) is 24.4 Å². The number of nitrogens with one attached hydrogen (secondary N) is 3. The molecule has 0 aliphatic rings. The number of rotatable bonds is 7. The molecule has 0 radical (unpaired) electrons. The number of para-hydroxylation sites is 1. The number of carbonyl (C=O) groups excluding carboxylic acids is 1. The van der Waals surface area contributed by atoms with E-state index in [2.05, 4.69) is 31.7 Å². The molecule has 0 aliphatic heterocycles. The molecular weight excluding hydrogens is 369 g/mol. The smallest absolute Gasteiger partial charge is 0.270 e. The maximum absolute atomic E-state index is 13.7. The first-order chi connectivity index (χ1) is 14.2. The molecule has 0 spiro atoms. The van der Waals surface area contributed by atoms with Gasteiger partial charge >= 0.3 is 0 Å². The van der Waals surface area contributed by atoms with Crippen molar-refractivity contribution < 1.29 is 9.18 Å². The Morgan fingerprint density at radius 3 is 2.76 bits per heavy atom. The van der Waals surface area contributed by atoms with Crippen molar-refractivity contribution in [2.24, 2.45) is 0 Å². The number of anilines is 1. The molecule has 0 saturated heterocycles. The third kappa shape index (κ3) is 4.40. The van der Waals surface area contributed by atoms with Gasteiger partial charge in [-0.25, -0.2) is 14.4 Å². The predicted molar refractivity (Wildman–Crippen MR) is 110 cm³/mol. The molecule has 2 aromatic carbocycles. The highest BCUT2D eigenvalue weighted by Gasteiger charge is 2.10. The summed E-state index contributed by atoms with van der Waals surface area (Å²) in [4.78, 5) is 24.0. The summed E-state index contributed by atoms with van der Waals surface area (Å²) in [5.74, 6) is -0.301. The largest absolute Gasteiger partial charge is 0.361 e. The minimum atomic E-state index is -0.300. The highest BCUT2D eigenvalue weighted by molar-refractivity contribution is 5.92. The molecular formula is C22H20FN5O. The van der Waals surface area contributed by atoms with Crippen LogP contribution < -0.4 is 10.6 Å². The minimum Gasteiger partial charge on any atom is -0.361 e. The Morgan fingerprint density at radius 2 is 1.86 bits per heavy atom. The standard InChI is InChI=1S/C22H20FN5O/c23-18-7-3-1-5-16(18)14-27-22-25-12-10-20(28-22)21(29)24-11-9-15-13-26-19-8-4-2-6-17(15)19/h1-8,10,12-13,26H,9,11,14H2,(H,24,29)(H,25,27,28). The van der Waals surface area contributed by atoms with Crippen LogP contribution in [-0.2, 0) is 13.0 Å². The Morgan fingerprint density at radius 1 is 1.03 bits per heavy atom. The second kappa shape index (κ2) is 8.52. The first kappa shape index (κ1) is 18.6. The molecule has 4 rings (SSSR count). The molecule has 146 valence electrons. The molecule has 6 nitrogen and oxygen atoms in total. The van der Waals surface area contributed by atoms with Gasteiger partial charge in [-0.3, -0.25) is 4.79 Å². The van der Waals surface area contributed by atoms with Crippen LogP contribution in [-0.4, -0.2) is 27.4 Å². The lowest BCUT2D eigenvalue weighted by molar-refractivity contribution is 0.0949. The van der Waals surface area contributed by atoms with Crippen molar-refractivity contribution in [3.8, 4) is 0 Å². The summed E-state index contributed by atoms with van der Waals surface area (Å²) >= 11 is 0. The lowest BCUT2D eigenvalue weighted by Gasteiger charge is -2.08. The van der Waals surface area contributed by atoms with E-state index in [0.717, 1.165) is 16.5 Å². The van der Waals surface area contributed by atoms with E-state index in [1.165, 1.54) is 12.3 Å². The quantitative estimate of drug-likeness (QED) is 0.450. The summed E-state index contributed by atoms with van der Waals surface area (Å²) in [7, 11) is 0. The van der Waals surface area contributed by atoms with E-state index in [9.17, 15) is 9.18 Å². The molecule has 1 amide bonds. The second-order valence-corrected chi connectivity index (χ2v) is 6.58. The third-order valence-corrected chi connectivity index (χ3v) is 4.64. The number of carbonyl (C=O) groups is 1. The molecule has 0 fully saturated rings. The molecule has 2 heterocycles. The van der Waals surface area contributed by atoms with Crippen molar-refractivity contribution in [3.05, 3.63) is 89.6 Å².